The first-order chi connectivity index (χ1) is 14.3. The molecule has 2 saturated heterocycles. The molecule has 6 fully saturated rings. The van der Waals surface area contributed by atoms with Gasteiger partial charge in [0.2, 0.25) is 0 Å². The molecule has 4 saturated carbocycles. The van der Waals surface area contributed by atoms with Gasteiger partial charge in [0, 0.05) is 12.5 Å². The van der Waals surface area contributed by atoms with Crippen LogP contribution in [0.4, 0.5) is 0 Å². The maximum Gasteiger partial charge on any atom is 0.122 e. The summed E-state index contributed by atoms with van der Waals surface area (Å²) in [6.45, 7) is 11.3. The fraction of sp³-hybridized carbons (Fsp3) is 1.00. The summed E-state index contributed by atoms with van der Waals surface area (Å²) in [5, 5.41) is 14.2. The van der Waals surface area contributed by atoms with Gasteiger partial charge < -0.3 is 9.84 Å². The lowest BCUT2D eigenvalue weighted by molar-refractivity contribution is -0.140. The van der Waals surface area contributed by atoms with Crippen molar-refractivity contribution in [3.8, 4) is 0 Å². The zero-order valence-corrected chi connectivity index (χ0v) is 19.8. The summed E-state index contributed by atoms with van der Waals surface area (Å²) in [7, 11) is 0. The van der Waals surface area contributed by atoms with Gasteiger partial charge in [-0.05, 0) is 111 Å². The minimum Gasteiger partial charge on any atom is -0.393 e. The number of rotatable bonds is 0. The molecular formula is C27H45NO2. The van der Waals surface area contributed by atoms with Crippen molar-refractivity contribution >= 4 is 0 Å². The first-order valence-electron chi connectivity index (χ1n) is 13.4. The van der Waals surface area contributed by atoms with E-state index in [1.54, 1.807) is 0 Å². The molecule has 2 N–H and O–H groups in total. The van der Waals surface area contributed by atoms with Crippen LogP contribution < -0.4 is 5.32 Å². The van der Waals surface area contributed by atoms with E-state index in [1.807, 2.05) is 0 Å². The Morgan fingerprint density at radius 1 is 0.867 bits per heavy atom. The third-order valence-electron chi connectivity index (χ3n) is 12.1. The molecule has 12 atom stereocenters. The van der Waals surface area contributed by atoms with E-state index in [1.165, 1.54) is 51.4 Å². The molecule has 2 heterocycles. The molecule has 170 valence electrons. The minimum absolute atomic E-state index is 0.0319. The van der Waals surface area contributed by atoms with Gasteiger partial charge in [-0.3, -0.25) is 5.32 Å². The van der Waals surface area contributed by atoms with E-state index in [0.717, 1.165) is 54.9 Å². The SMILES string of the molecule is C[C@@H]1CC[C@@]2(NC1)O[C@@H]1C[C@@H]3[C@@H]4CC[C@H]5C[C@H](O)CC[C@]5(C)[C@@H]4CC[C@@]3(C)[C@H]1[C@@H]2C. The van der Waals surface area contributed by atoms with E-state index in [9.17, 15) is 5.11 Å². The Morgan fingerprint density at radius 3 is 2.43 bits per heavy atom. The maximum absolute atomic E-state index is 10.3. The highest BCUT2D eigenvalue weighted by atomic mass is 16.5. The van der Waals surface area contributed by atoms with Crippen molar-refractivity contribution in [2.75, 3.05) is 6.54 Å². The van der Waals surface area contributed by atoms with E-state index in [2.05, 4.69) is 33.0 Å². The van der Waals surface area contributed by atoms with Gasteiger partial charge in [-0.2, -0.15) is 0 Å². The van der Waals surface area contributed by atoms with Crippen LogP contribution in [-0.4, -0.2) is 29.6 Å². The second kappa shape index (κ2) is 6.70. The highest BCUT2D eigenvalue weighted by Crippen LogP contribution is 2.71. The number of hydrogen-bond donors (Lipinski definition) is 2. The molecule has 6 rings (SSSR count). The number of fused-ring (bicyclic) bond motifs is 7. The average molecular weight is 416 g/mol. The largest absolute Gasteiger partial charge is 0.393 e. The highest BCUT2D eigenvalue weighted by molar-refractivity contribution is 5.16. The van der Waals surface area contributed by atoms with Gasteiger partial charge in [0.1, 0.15) is 5.72 Å². The zero-order valence-electron chi connectivity index (χ0n) is 19.8. The van der Waals surface area contributed by atoms with Crippen LogP contribution in [0.2, 0.25) is 0 Å². The summed E-state index contributed by atoms with van der Waals surface area (Å²) in [5.74, 6) is 5.57. The molecule has 4 aliphatic carbocycles. The lowest BCUT2D eigenvalue weighted by Crippen LogP contribution is -2.57. The van der Waals surface area contributed by atoms with Crippen LogP contribution in [0.25, 0.3) is 0 Å². The first-order valence-corrected chi connectivity index (χ1v) is 13.4. The molecule has 0 aromatic heterocycles. The second-order valence-corrected chi connectivity index (χ2v) is 13.3. The summed E-state index contributed by atoms with van der Waals surface area (Å²) in [4.78, 5) is 0. The number of piperidine rings is 1. The Balaban J connectivity index is 1.26. The van der Waals surface area contributed by atoms with Crippen molar-refractivity contribution in [2.45, 2.75) is 110 Å². The van der Waals surface area contributed by atoms with Crippen LogP contribution in [0, 0.1) is 52.3 Å². The van der Waals surface area contributed by atoms with Gasteiger partial charge in [0.15, 0.2) is 0 Å². The molecular weight excluding hydrogens is 370 g/mol. The Labute approximate surface area is 184 Å². The zero-order chi connectivity index (χ0) is 20.9. The molecule has 0 amide bonds. The molecule has 2 aliphatic heterocycles. The fourth-order valence-electron chi connectivity index (χ4n) is 10.4. The van der Waals surface area contributed by atoms with Crippen LogP contribution in [0.5, 0.6) is 0 Å². The number of aliphatic hydroxyl groups is 1. The van der Waals surface area contributed by atoms with Crippen molar-refractivity contribution in [1.82, 2.24) is 5.32 Å². The normalized spacial score (nSPS) is 62.5. The van der Waals surface area contributed by atoms with E-state index in [4.69, 9.17) is 4.74 Å². The smallest absolute Gasteiger partial charge is 0.122 e. The number of aliphatic hydroxyl groups excluding tert-OH is 1. The van der Waals surface area contributed by atoms with Crippen molar-refractivity contribution in [1.29, 1.82) is 0 Å². The summed E-state index contributed by atoms with van der Waals surface area (Å²) < 4.78 is 7.01. The summed E-state index contributed by atoms with van der Waals surface area (Å²) in [6, 6.07) is 0. The van der Waals surface area contributed by atoms with Crippen molar-refractivity contribution in [3.05, 3.63) is 0 Å². The van der Waals surface area contributed by atoms with Crippen molar-refractivity contribution < 1.29 is 9.84 Å². The third-order valence-corrected chi connectivity index (χ3v) is 12.1. The van der Waals surface area contributed by atoms with Crippen LogP contribution in [0.1, 0.15) is 91.9 Å². The molecule has 1 spiro atoms. The Kier molecular flexibility index (Phi) is 4.58. The Bertz CT molecular complexity index is 686. The number of ether oxygens (including phenoxy) is 1. The van der Waals surface area contributed by atoms with Gasteiger partial charge in [0.25, 0.3) is 0 Å². The highest BCUT2D eigenvalue weighted by Gasteiger charge is 2.68. The Hall–Kier alpha value is -0.120. The summed E-state index contributed by atoms with van der Waals surface area (Å²) in [6.07, 6.45) is 13.2. The quantitative estimate of drug-likeness (QED) is 0.559. The summed E-state index contributed by atoms with van der Waals surface area (Å²) >= 11 is 0. The van der Waals surface area contributed by atoms with Crippen LogP contribution in [0.3, 0.4) is 0 Å². The average Bonchev–Trinajstić information content (AvgIpc) is 3.16. The van der Waals surface area contributed by atoms with E-state index < -0.39 is 0 Å². The Morgan fingerprint density at radius 2 is 1.67 bits per heavy atom. The van der Waals surface area contributed by atoms with Crippen molar-refractivity contribution in [2.24, 2.45) is 52.3 Å². The van der Waals surface area contributed by atoms with Gasteiger partial charge in [-0.25, -0.2) is 0 Å². The molecule has 6 aliphatic rings. The molecule has 30 heavy (non-hydrogen) atoms. The summed E-state index contributed by atoms with van der Waals surface area (Å²) in [5.41, 5.74) is 0.919. The molecule has 0 aromatic rings. The molecule has 0 bridgehead atoms. The maximum atomic E-state index is 10.3. The number of hydrogen-bond acceptors (Lipinski definition) is 3. The monoisotopic (exact) mass is 415 g/mol. The van der Waals surface area contributed by atoms with Crippen LogP contribution in [0.15, 0.2) is 0 Å². The van der Waals surface area contributed by atoms with Crippen LogP contribution >= 0.6 is 0 Å². The predicted molar refractivity (Wildman–Crippen MR) is 120 cm³/mol. The van der Waals surface area contributed by atoms with Gasteiger partial charge >= 0.3 is 0 Å². The molecule has 3 heteroatoms. The lowest BCUT2D eigenvalue weighted by atomic mass is 9.44. The van der Waals surface area contributed by atoms with E-state index in [0.29, 0.717) is 22.9 Å². The molecule has 0 radical (unpaired) electrons. The van der Waals surface area contributed by atoms with E-state index >= 15 is 0 Å². The molecule has 0 unspecified atom stereocenters. The van der Waals surface area contributed by atoms with Crippen molar-refractivity contribution in [3.63, 3.8) is 0 Å². The predicted octanol–water partition coefficient (Wildman–Crippen LogP) is 5.37. The van der Waals surface area contributed by atoms with Crippen LogP contribution in [-0.2, 0) is 4.74 Å². The lowest BCUT2D eigenvalue weighted by Gasteiger charge is -2.61. The van der Waals surface area contributed by atoms with Gasteiger partial charge in [-0.1, -0.05) is 27.7 Å². The first kappa shape index (κ1) is 20.5. The standard InChI is InChI=1S/C27H45NO2/c1-16-7-12-27(28-15-16)17(2)24-23(30-27)14-22-20-6-5-18-13-19(29)8-10-25(18,3)21(20)9-11-26(22,24)4/h16-24,28-29H,5-15H2,1-4H3/t16-,17+,18+,19-,20-,21-,22-,23-,24+,25+,26-,27-/m1/s1. The fourth-order valence-corrected chi connectivity index (χ4v) is 10.4. The topological polar surface area (TPSA) is 41.5 Å². The molecule has 0 aromatic carbocycles. The molecule has 3 nitrogen and oxygen atoms in total. The van der Waals surface area contributed by atoms with Gasteiger partial charge in [-0.15, -0.1) is 0 Å². The van der Waals surface area contributed by atoms with Gasteiger partial charge in [0.05, 0.1) is 12.2 Å². The minimum atomic E-state index is -0.0320. The third kappa shape index (κ3) is 2.61. The van der Waals surface area contributed by atoms with E-state index in [-0.39, 0.29) is 11.8 Å². The number of nitrogens with one attached hydrogen (secondary N) is 1. The second-order valence-electron chi connectivity index (χ2n) is 13.3.